The molecule has 3 aromatic rings. The van der Waals surface area contributed by atoms with Crippen LogP contribution in [0.3, 0.4) is 0 Å². The second-order valence-electron chi connectivity index (χ2n) is 7.19. The Morgan fingerprint density at radius 2 is 1.81 bits per heavy atom. The van der Waals surface area contributed by atoms with Gasteiger partial charge in [-0.3, -0.25) is 9.78 Å². The summed E-state index contributed by atoms with van der Waals surface area (Å²) < 4.78 is 5.12. The molecule has 5 nitrogen and oxygen atoms in total. The summed E-state index contributed by atoms with van der Waals surface area (Å²) in [5.74, 6) is 0.480. The number of nitrogens with one attached hydrogen (secondary N) is 1. The Labute approximate surface area is 152 Å². The van der Waals surface area contributed by atoms with Crippen LogP contribution in [0.1, 0.15) is 20.8 Å². The number of anilines is 1. The van der Waals surface area contributed by atoms with Crippen LogP contribution in [0.15, 0.2) is 48.7 Å². The average Bonchev–Trinajstić information content (AvgIpc) is 2.61. The molecule has 134 valence electrons. The molecule has 2 aromatic carbocycles. The van der Waals surface area contributed by atoms with Gasteiger partial charge in [-0.2, -0.15) is 0 Å². The first-order valence-electron chi connectivity index (χ1n) is 8.37. The summed E-state index contributed by atoms with van der Waals surface area (Å²) in [5, 5.41) is 14.6. The maximum absolute atomic E-state index is 12.1. The third-order valence-corrected chi connectivity index (χ3v) is 4.18. The van der Waals surface area contributed by atoms with E-state index in [4.69, 9.17) is 4.74 Å². The van der Waals surface area contributed by atoms with E-state index in [1.165, 1.54) is 7.11 Å². The number of pyridine rings is 1. The van der Waals surface area contributed by atoms with Crippen LogP contribution in [0.25, 0.3) is 22.0 Å². The molecular formula is C21H22N2O3. The molecule has 0 saturated carbocycles. The number of phenolic OH excluding ortho intramolecular Hbond substituents is 1. The fourth-order valence-corrected chi connectivity index (χ4v) is 2.55. The summed E-state index contributed by atoms with van der Waals surface area (Å²) in [6.07, 6.45) is 1.64. The standard InChI is InChI=1S/C21H22N2O3/c1-21(2,3)20(25)23-15-8-5-13(6-9-15)17-11-14-7-10-18(26-4)19(24)16(14)12-22-17/h5-12,24H,1-4H3,(H,23,25). The molecule has 5 heteroatoms. The molecule has 3 rings (SSSR count). The van der Waals surface area contributed by atoms with Gasteiger partial charge >= 0.3 is 0 Å². The molecule has 0 saturated heterocycles. The molecule has 0 radical (unpaired) electrons. The minimum absolute atomic E-state index is 0.0292. The third kappa shape index (κ3) is 3.47. The van der Waals surface area contributed by atoms with Crippen molar-refractivity contribution in [1.29, 1.82) is 0 Å². The number of phenols is 1. The van der Waals surface area contributed by atoms with E-state index in [9.17, 15) is 9.90 Å². The second-order valence-corrected chi connectivity index (χ2v) is 7.19. The lowest BCUT2D eigenvalue weighted by molar-refractivity contribution is -0.123. The predicted molar refractivity (Wildman–Crippen MR) is 103 cm³/mol. The Morgan fingerprint density at radius 1 is 1.12 bits per heavy atom. The molecule has 0 unspecified atom stereocenters. The summed E-state index contributed by atoms with van der Waals surface area (Å²) in [6, 6.07) is 13.1. The zero-order valence-corrected chi connectivity index (χ0v) is 15.3. The predicted octanol–water partition coefficient (Wildman–Crippen LogP) is 4.60. The van der Waals surface area contributed by atoms with Gasteiger partial charge in [0.15, 0.2) is 11.5 Å². The fraction of sp³-hybridized carbons (Fsp3) is 0.238. The molecule has 1 aromatic heterocycles. The van der Waals surface area contributed by atoms with Gasteiger partial charge in [-0.1, -0.05) is 39.0 Å². The minimum Gasteiger partial charge on any atom is -0.504 e. The highest BCUT2D eigenvalue weighted by Crippen LogP contribution is 2.35. The van der Waals surface area contributed by atoms with Crippen molar-refractivity contribution in [3.05, 3.63) is 48.7 Å². The highest BCUT2D eigenvalue weighted by atomic mass is 16.5. The fourth-order valence-electron chi connectivity index (χ4n) is 2.55. The number of hydrogen-bond donors (Lipinski definition) is 2. The summed E-state index contributed by atoms with van der Waals surface area (Å²) >= 11 is 0. The zero-order valence-electron chi connectivity index (χ0n) is 15.3. The molecule has 1 amide bonds. The molecule has 0 spiro atoms. The van der Waals surface area contributed by atoms with Gasteiger partial charge in [0.1, 0.15) is 0 Å². The van der Waals surface area contributed by atoms with E-state index in [0.29, 0.717) is 11.1 Å². The Hall–Kier alpha value is -3.08. The van der Waals surface area contributed by atoms with Crippen LogP contribution < -0.4 is 10.1 Å². The van der Waals surface area contributed by atoms with Gasteiger partial charge in [-0.25, -0.2) is 0 Å². The molecule has 26 heavy (non-hydrogen) atoms. The zero-order chi connectivity index (χ0) is 18.9. The smallest absolute Gasteiger partial charge is 0.229 e. The number of fused-ring (bicyclic) bond motifs is 1. The molecule has 1 heterocycles. The average molecular weight is 350 g/mol. The summed E-state index contributed by atoms with van der Waals surface area (Å²) in [4.78, 5) is 16.5. The SMILES string of the molecule is COc1ccc2cc(-c3ccc(NC(=O)C(C)(C)C)cc3)ncc2c1O. The molecular weight excluding hydrogens is 328 g/mol. The van der Waals surface area contributed by atoms with Crippen molar-refractivity contribution in [3.8, 4) is 22.8 Å². The third-order valence-electron chi connectivity index (χ3n) is 4.18. The van der Waals surface area contributed by atoms with Gasteiger partial charge < -0.3 is 15.2 Å². The summed E-state index contributed by atoms with van der Waals surface area (Å²) in [5.41, 5.74) is 2.02. The number of amides is 1. The number of carbonyl (C=O) groups is 1. The van der Waals surface area contributed by atoms with Crippen LogP contribution in [0.2, 0.25) is 0 Å². The molecule has 0 aliphatic rings. The van der Waals surface area contributed by atoms with Crippen molar-refractivity contribution >= 4 is 22.4 Å². The Bertz CT molecular complexity index is 957. The van der Waals surface area contributed by atoms with Crippen LogP contribution >= 0.6 is 0 Å². The molecule has 0 atom stereocenters. The second kappa shape index (κ2) is 6.67. The number of rotatable bonds is 3. The number of ether oxygens (including phenoxy) is 1. The van der Waals surface area contributed by atoms with Crippen LogP contribution in [0.4, 0.5) is 5.69 Å². The maximum Gasteiger partial charge on any atom is 0.229 e. The number of nitrogens with zero attached hydrogens (tertiary/aromatic N) is 1. The quantitative estimate of drug-likeness (QED) is 0.724. The lowest BCUT2D eigenvalue weighted by Gasteiger charge is -2.17. The number of methoxy groups -OCH3 is 1. The minimum atomic E-state index is -0.443. The van der Waals surface area contributed by atoms with E-state index in [-0.39, 0.29) is 11.7 Å². The largest absolute Gasteiger partial charge is 0.504 e. The van der Waals surface area contributed by atoms with E-state index < -0.39 is 5.41 Å². The first-order valence-corrected chi connectivity index (χ1v) is 8.37. The van der Waals surface area contributed by atoms with Crippen LogP contribution in [0, 0.1) is 5.41 Å². The Morgan fingerprint density at radius 3 is 2.42 bits per heavy atom. The highest BCUT2D eigenvalue weighted by molar-refractivity contribution is 5.95. The van der Waals surface area contributed by atoms with Crippen molar-refractivity contribution in [3.63, 3.8) is 0 Å². The first-order chi connectivity index (χ1) is 12.3. The normalized spacial score (nSPS) is 11.4. The highest BCUT2D eigenvalue weighted by Gasteiger charge is 2.21. The topological polar surface area (TPSA) is 71.5 Å². The van der Waals surface area contributed by atoms with E-state index in [1.807, 2.05) is 57.2 Å². The number of aromatic nitrogens is 1. The first kappa shape index (κ1) is 17.7. The van der Waals surface area contributed by atoms with Gasteiger partial charge in [0.25, 0.3) is 0 Å². The monoisotopic (exact) mass is 350 g/mol. The van der Waals surface area contributed by atoms with E-state index in [2.05, 4.69) is 10.3 Å². The van der Waals surface area contributed by atoms with E-state index >= 15 is 0 Å². The summed E-state index contributed by atoms with van der Waals surface area (Å²) in [6.45, 7) is 5.63. The lowest BCUT2D eigenvalue weighted by Crippen LogP contribution is -2.27. The maximum atomic E-state index is 12.1. The van der Waals surface area contributed by atoms with Crippen molar-refractivity contribution in [2.24, 2.45) is 5.41 Å². The van der Waals surface area contributed by atoms with Crippen molar-refractivity contribution in [2.75, 3.05) is 12.4 Å². The van der Waals surface area contributed by atoms with E-state index in [1.54, 1.807) is 12.3 Å². The molecule has 0 bridgehead atoms. The Balaban J connectivity index is 1.88. The molecule has 2 N–H and O–H groups in total. The van der Waals surface area contributed by atoms with Crippen LogP contribution in [-0.2, 0) is 4.79 Å². The van der Waals surface area contributed by atoms with Crippen LogP contribution in [-0.4, -0.2) is 23.1 Å². The van der Waals surface area contributed by atoms with Gasteiger partial charge in [-0.05, 0) is 29.7 Å². The number of benzene rings is 2. The van der Waals surface area contributed by atoms with Crippen molar-refractivity contribution < 1.29 is 14.6 Å². The van der Waals surface area contributed by atoms with Gasteiger partial charge in [0.2, 0.25) is 5.91 Å². The van der Waals surface area contributed by atoms with E-state index in [0.717, 1.165) is 22.3 Å². The van der Waals surface area contributed by atoms with Crippen LogP contribution in [0.5, 0.6) is 11.5 Å². The van der Waals surface area contributed by atoms with Crippen molar-refractivity contribution in [2.45, 2.75) is 20.8 Å². The lowest BCUT2D eigenvalue weighted by atomic mass is 9.95. The molecule has 0 aliphatic carbocycles. The number of carbonyl (C=O) groups excluding carboxylic acids is 1. The van der Waals surface area contributed by atoms with Gasteiger partial charge in [0.05, 0.1) is 12.8 Å². The Kier molecular flexibility index (Phi) is 4.55. The molecule has 0 aliphatic heterocycles. The van der Waals surface area contributed by atoms with Crippen molar-refractivity contribution in [1.82, 2.24) is 4.98 Å². The van der Waals surface area contributed by atoms with Gasteiger partial charge in [-0.15, -0.1) is 0 Å². The number of aromatic hydroxyl groups is 1. The number of hydrogen-bond acceptors (Lipinski definition) is 4. The van der Waals surface area contributed by atoms with Gasteiger partial charge in [0, 0.05) is 28.2 Å². The molecule has 0 fully saturated rings. The summed E-state index contributed by atoms with van der Waals surface area (Å²) in [7, 11) is 1.52.